The van der Waals surface area contributed by atoms with E-state index in [1.807, 2.05) is 42.5 Å². The number of sulfone groups is 1. The van der Waals surface area contributed by atoms with Gasteiger partial charge >= 0.3 is 0 Å². The van der Waals surface area contributed by atoms with Gasteiger partial charge in [0.1, 0.15) is 0 Å². The molecule has 2 aliphatic rings. The average Bonchev–Trinajstić information content (AvgIpc) is 3.44. The minimum absolute atomic E-state index is 0.00938. The predicted molar refractivity (Wildman–Crippen MR) is 143 cm³/mol. The minimum Gasteiger partial charge on any atom is -0.369 e. The van der Waals surface area contributed by atoms with Gasteiger partial charge in [0.2, 0.25) is 11.9 Å². The van der Waals surface area contributed by atoms with Crippen LogP contribution in [0.4, 0.5) is 23.0 Å². The van der Waals surface area contributed by atoms with Crippen molar-refractivity contribution in [2.24, 2.45) is 0 Å². The van der Waals surface area contributed by atoms with Crippen LogP contribution in [0.3, 0.4) is 0 Å². The number of rotatable bonds is 5. The Labute approximate surface area is 214 Å². The second-order valence-electron chi connectivity index (χ2n) is 9.62. The van der Waals surface area contributed by atoms with Crippen LogP contribution >= 0.6 is 0 Å². The maximum Gasteiger partial charge on any atom is 0.247 e. The quantitative estimate of drug-likeness (QED) is 0.416. The number of hydrogen-bond acceptors (Lipinski definition) is 8. The topological polar surface area (TPSA) is 112 Å². The Hall–Kier alpha value is -3.96. The third-order valence-corrected chi connectivity index (χ3v) is 7.92. The number of piperazine rings is 1. The number of carbonyl (C=O) groups is 1. The number of likely N-dealkylation sites (N-methyl/N-ethyl adjacent to an activating group) is 1. The first-order valence-corrected chi connectivity index (χ1v) is 14.0. The number of aromatic nitrogens is 3. The molecular formula is C26H27N7O3S. The Morgan fingerprint density at radius 2 is 1.81 bits per heavy atom. The Bertz CT molecular complexity index is 1640. The van der Waals surface area contributed by atoms with Crippen molar-refractivity contribution in [1.82, 2.24) is 19.5 Å². The van der Waals surface area contributed by atoms with Crippen LogP contribution in [-0.4, -0.2) is 73.3 Å². The summed E-state index contributed by atoms with van der Waals surface area (Å²) in [5, 5.41) is 10.8. The van der Waals surface area contributed by atoms with Gasteiger partial charge < -0.3 is 20.4 Å². The molecule has 2 aromatic carbocycles. The summed E-state index contributed by atoms with van der Waals surface area (Å²) in [7, 11) is -1.34. The highest BCUT2D eigenvalue weighted by molar-refractivity contribution is 7.90. The SMILES string of the molecule is CN1CCN(c2cc(Nc3nc4cccc(-c5ccc6c(c5)CC(=O)N6)n4n3)cc(S(C)(=O)=O)c2)CC1. The van der Waals surface area contributed by atoms with Crippen LogP contribution in [0.25, 0.3) is 16.9 Å². The van der Waals surface area contributed by atoms with Crippen molar-refractivity contribution in [2.45, 2.75) is 11.3 Å². The van der Waals surface area contributed by atoms with Crippen molar-refractivity contribution in [3.05, 3.63) is 60.2 Å². The van der Waals surface area contributed by atoms with Crippen molar-refractivity contribution < 1.29 is 13.2 Å². The van der Waals surface area contributed by atoms with Gasteiger partial charge in [0.25, 0.3) is 0 Å². The number of anilines is 4. The van der Waals surface area contributed by atoms with E-state index in [2.05, 4.69) is 37.6 Å². The van der Waals surface area contributed by atoms with Gasteiger partial charge in [-0.25, -0.2) is 12.9 Å². The van der Waals surface area contributed by atoms with E-state index in [-0.39, 0.29) is 10.8 Å². The van der Waals surface area contributed by atoms with E-state index in [1.54, 1.807) is 16.6 Å². The smallest absolute Gasteiger partial charge is 0.247 e. The van der Waals surface area contributed by atoms with Gasteiger partial charge in [0.05, 0.1) is 17.0 Å². The van der Waals surface area contributed by atoms with Crippen LogP contribution in [0.2, 0.25) is 0 Å². The van der Waals surface area contributed by atoms with E-state index in [1.165, 1.54) is 6.26 Å². The van der Waals surface area contributed by atoms with Crippen LogP contribution in [0.5, 0.6) is 0 Å². The molecule has 0 bridgehead atoms. The van der Waals surface area contributed by atoms with E-state index >= 15 is 0 Å². The van der Waals surface area contributed by atoms with Crippen LogP contribution < -0.4 is 15.5 Å². The fraction of sp³-hybridized carbons (Fsp3) is 0.269. The highest BCUT2D eigenvalue weighted by atomic mass is 32.2. The summed E-state index contributed by atoms with van der Waals surface area (Å²) in [5.74, 6) is 0.352. The van der Waals surface area contributed by atoms with E-state index in [0.717, 1.165) is 54.4 Å². The number of amides is 1. The van der Waals surface area contributed by atoms with E-state index in [4.69, 9.17) is 0 Å². The lowest BCUT2D eigenvalue weighted by atomic mass is 10.1. The van der Waals surface area contributed by atoms with Crippen molar-refractivity contribution >= 4 is 44.4 Å². The second-order valence-corrected chi connectivity index (χ2v) is 11.6. The van der Waals surface area contributed by atoms with Gasteiger partial charge in [0, 0.05) is 55.1 Å². The first-order chi connectivity index (χ1) is 17.7. The summed E-state index contributed by atoms with van der Waals surface area (Å²) < 4.78 is 26.7. The molecule has 1 saturated heterocycles. The van der Waals surface area contributed by atoms with Crippen LogP contribution in [0.1, 0.15) is 5.56 Å². The van der Waals surface area contributed by atoms with E-state index < -0.39 is 9.84 Å². The third kappa shape index (κ3) is 4.63. The summed E-state index contributed by atoms with van der Waals surface area (Å²) in [6, 6.07) is 16.9. The highest BCUT2D eigenvalue weighted by Gasteiger charge is 2.20. The number of fused-ring (bicyclic) bond motifs is 2. The first-order valence-electron chi connectivity index (χ1n) is 12.1. The van der Waals surface area contributed by atoms with E-state index in [9.17, 15) is 13.2 Å². The molecule has 0 saturated carbocycles. The van der Waals surface area contributed by atoms with Gasteiger partial charge in [-0.15, -0.1) is 5.10 Å². The third-order valence-electron chi connectivity index (χ3n) is 6.83. The Morgan fingerprint density at radius 1 is 1.00 bits per heavy atom. The number of pyridine rings is 1. The van der Waals surface area contributed by atoms with Gasteiger partial charge in [-0.3, -0.25) is 4.79 Å². The molecule has 0 unspecified atom stereocenters. The largest absolute Gasteiger partial charge is 0.369 e. The Morgan fingerprint density at radius 3 is 2.59 bits per heavy atom. The molecule has 4 aromatic rings. The summed E-state index contributed by atoms with van der Waals surface area (Å²) in [5.41, 5.74) is 5.65. The zero-order chi connectivity index (χ0) is 25.7. The number of carbonyl (C=O) groups excluding carboxylic acids is 1. The lowest BCUT2D eigenvalue weighted by Crippen LogP contribution is -2.44. The summed E-state index contributed by atoms with van der Waals surface area (Å²) in [6.45, 7) is 3.47. The molecule has 2 N–H and O–H groups in total. The molecule has 2 aromatic heterocycles. The number of nitrogens with one attached hydrogen (secondary N) is 2. The molecule has 190 valence electrons. The molecule has 6 rings (SSSR count). The maximum atomic E-state index is 12.5. The highest BCUT2D eigenvalue weighted by Crippen LogP contribution is 2.31. The Balaban J connectivity index is 1.35. The van der Waals surface area contributed by atoms with Gasteiger partial charge in [-0.1, -0.05) is 12.1 Å². The predicted octanol–water partition coefficient (Wildman–Crippen LogP) is 2.79. The Kier molecular flexibility index (Phi) is 5.61. The first kappa shape index (κ1) is 23.4. The van der Waals surface area contributed by atoms with Crippen molar-refractivity contribution in [2.75, 3.05) is 55.0 Å². The fourth-order valence-electron chi connectivity index (χ4n) is 4.81. The van der Waals surface area contributed by atoms with Gasteiger partial charge in [0.15, 0.2) is 15.5 Å². The maximum absolute atomic E-state index is 12.5. The fourth-order valence-corrected chi connectivity index (χ4v) is 5.49. The minimum atomic E-state index is -3.42. The van der Waals surface area contributed by atoms with Gasteiger partial charge in [-0.2, -0.15) is 4.98 Å². The molecule has 0 spiro atoms. The molecule has 4 heterocycles. The monoisotopic (exact) mass is 517 g/mol. The summed E-state index contributed by atoms with van der Waals surface area (Å²) in [4.78, 5) is 21.1. The summed E-state index contributed by atoms with van der Waals surface area (Å²) in [6.07, 6.45) is 1.57. The molecule has 10 nitrogen and oxygen atoms in total. The van der Waals surface area contributed by atoms with Crippen LogP contribution in [-0.2, 0) is 21.1 Å². The van der Waals surface area contributed by atoms with Crippen LogP contribution in [0.15, 0.2) is 59.5 Å². The normalized spacial score (nSPS) is 16.2. The molecule has 0 radical (unpaired) electrons. The average molecular weight is 518 g/mol. The molecule has 37 heavy (non-hydrogen) atoms. The summed E-state index contributed by atoms with van der Waals surface area (Å²) >= 11 is 0. The van der Waals surface area contributed by atoms with E-state index in [0.29, 0.717) is 23.7 Å². The van der Waals surface area contributed by atoms with Crippen LogP contribution in [0, 0.1) is 0 Å². The zero-order valence-corrected chi connectivity index (χ0v) is 21.4. The molecular weight excluding hydrogens is 490 g/mol. The molecule has 1 fully saturated rings. The molecule has 0 atom stereocenters. The van der Waals surface area contributed by atoms with Gasteiger partial charge in [-0.05, 0) is 55.1 Å². The second kappa shape index (κ2) is 8.86. The molecule has 0 aliphatic carbocycles. The van der Waals surface area contributed by atoms with Crippen molar-refractivity contribution in [3.63, 3.8) is 0 Å². The lowest BCUT2D eigenvalue weighted by molar-refractivity contribution is -0.115. The number of hydrogen-bond donors (Lipinski definition) is 2. The lowest BCUT2D eigenvalue weighted by Gasteiger charge is -2.34. The van der Waals surface area contributed by atoms with Crippen molar-refractivity contribution in [3.8, 4) is 11.3 Å². The number of benzene rings is 2. The molecule has 1 amide bonds. The standard InChI is InChI=1S/C26H27N7O3S/c1-31-8-10-32(11-9-31)20-14-19(15-21(16-20)37(2,35)36)27-26-29-24-5-3-4-23(33(24)30-26)17-6-7-22-18(12-17)13-25(34)28-22/h3-7,12,14-16H,8-11,13H2,1-2H3,(H,27,30)(H,28,34). The molecule has 2 aliphatic heterocycles. The zero-order valence-electron chi connectivity index (χ0n) is 20.6. The number of nitrogens with zero attached hydrogens (tertiary/aromatic N) is 5. The molecule has 11 heteroatoms. The van der Waals surface area contributed by atoms with Crippen molar-refractivity contribution in [1.29, 1.82) is 0 Å².